The number of nitriles is 1. The first kappa shape index (κ1) is 20.4. The average Bonchev–Trinajstić information content (AvgIpc) is 3.04. The molecule has 3 aromatic rings. The molecule has 0 N–H and O–H groups in total. The van der Waals surface area contributed by atoms with E-state index in [2.05, 4.69) is 54.1 Å². The van der Waals surface area contributed by atoms with Gasteiger partial charge in [-0.05, 0) is 61.4 Å². The lowest BCUT2D eigenvalue weighted by atomic mass is 9.89. The first-order valence-corrected chi connectivity index (χ1v) is 11.3. The summed E-state index contributed by atoms with van der Waals surface area (Å²) in [5, 5.41) is 9.30. The maximum atomic E-state index is 9.30. The van der Waals surface area contributed by atoms with E-state index in [1.165, 1.54) is 33.5 Å². The third-order valence-electron chi connectivity index (χ3n) is 6.78. The summed E-state index contributed by atoms with van der Waals surface area (Å²) in [6.07, 6.45) is 6.13. The van der Waals surface area contributed by atoms with Crippen molar-refractivity contribution < 1.29 is 4.74 Å². The van der Waals surface area contributed by atoms with Crippen LogP contribution in [0.2, 0.25) is 0 Å². The largest absolute Gasteiger partial charge is 0.497 e. The molecule has 0 radical (unpaired) electrons. The van der Waals surface area contributed by atoms with Gasteiger partial charge in [0.05, 0.1) is 12.8 Å². The van der Waals surface area contributed by atoms with Gasteiger partial charge in [0.1, 0.15) is 11.6 Å². The molecule has 2 heterocycles. The predicted octanol–water partition coefficient (Wildman–Crippen LogP) is 4.73. The van der Waals surface area contributed by atoms with Gasteiger partial charge in [0, 0.05) is 30.9 Å². The zero-order valence-electron chi connectivity index (χ0n) is 18.8. The summed E-state index contributed by atoms with van der Waals surface area (Å²) >= 11 is 0. The Hall–Kier alpha value is -3.52. The third-order valence-corrected chi connectivity index (χ3v) is 6.78. The molecule has 5 nitrogen and oxygen atoms in total. The molecule has 5 heteroatoms. The molecular weight excluding hydrogens is 396 g/mol. The molecule has 0 bridgehead atoms. The van der Waals surface area contributed by atoms with Gasteiger partial charge < -0.3 is 14.2 Å². The van der Waals surface area contributed by atoms with Crippen LogP contribution >= 0.6 is 0 Å². The Morgan fingerprint density at radius 3 is 2.47 bits per heavy atom. The van der Waals surface area contributed by atoms with Crippen LogP contribution < -0.4 is 4.74 Å². The molecule has 2 aromatic carbocycles. The number of rotatable bonds is 3. The number of imidazole rings is 1. The van der Waals surface area contributed by atoms with Crippen molar-refractivity contribution in [1.82, 2.24) is 14.5 Å². The van der Waals surface area contributed by atoms with Crippen LogP contribution in [0.3, 0.4) is 0 Å². The van der Waals surface area contributed by atoms with Crippen molar-refractivity contribution in [3.8, 4) is 11.9 Å². The van der Waals surface area contributed by atoms with Crippen LogP contribution in [-0.4, -0.2) is 34.7 Å². The molecule has 5 rings (SSSR count). The van der Waals surface area contributed by atoms with Gasteiger partial charge in [0.25, 0.3) is 0 Å². The van der Waals surface area contributed by atoms with E-state index in [0.29, 0.717) is 0 Å². The fourth-order valence-corrected chi connectivity index (χ4v) is 5.03. The summed E-state index contributed by atoms with van der Waals surface area (Å²) < 4.78 is 7.70. The van der Waals surface area contributed by atoms with Crippen LogP contribution in [0.5, 0.6) is 5.75 Å². The topological polar surface area (TPSA) is 54.1 Å². The second-order valence-electron chi connectivity index (χ2n) is 8.61. The van der Waals surface area contributed by atoms with Crippen LogP contribution in [-0.2, 0) is 19.4 Å². The van der Waals surface area contributed by atoms with E-state index in [1.54, 1.807) is 7.11 Å². The zero-order chi connectivity index (χ0) is 22.1. The van der Waals surface area contributed by atoms with Gasteiger partial charge in [-0.15, -0.1) is 0 Å². The lowest BCUT2D eigenvalue weighted by Crippen LogP contribution is -2.26. The number of aryl methyl sites for hydroxylation is 2. The molecule has 0 amide bonds. The molecule has 0 atom stereocenters. The van der Waals surface area contributed by atoms with E-state index < -0.39 is 0 Å². The van der Waals surface area contributed by atoms with Gasteiger partial charge in [-0.3, -0.25) is 0 Å². The van der Waals surface area contributed by atoms with Crippen molar-refractivity contribution in [1.29, 1.82) is 5.26 Å². The second-order valence-corrected chi connectivity index (χ2v) is 8.61. The SMILES string of the molecule is COc1ccc(Cn2c(C)nc3c2CCc2ccccc2C3=C2CCN(C#N)CC2)cc1. The zero-order valence-corrected chi connectivity index (χ0v) is 18.8. The van der Waals surface area contributed by atoms with Crippen molar-refractivity contribution in [3.05, 3.63) is 88.0 Å². The standard InChI is InChI=1S/C27H28N4O/c1-19-29-27-25(31(19)17-20-7-10-23(32-2)11-8-20)12-9-21-5-3-4-6-24(21)26(27)22-13-15-30(18-28)16-14-22/h3-8,10-11H,9,12-17H2,1-2H3. The quantitative estimate of drug-likeness (QED) is 0.571. The fourth-order valence-electron chi connectivity index (χ4n) is 5.03. The summed E-state index contributed by atoms with van der Waals surface area (Å²) in [5.41, 5.74) is 9.15. The van der Waals surface area contributed by atoms with E-state index in [-0.39, 0.29) is 0 Å². The number of ether oxygens (including phenoxy) is 1. The van der Waals surface area contributed by atoms with Crippen LogP contribution in [0.15, 0.2) is 54.1 Å². The summed E-state index contributed by atoms with van der Waals surface area (Å²) in [6.45, 7) is 4.50. The van der Waals surface area contributed by atoms with E-state index >= 15 is 0 Å². The van der Waals surface area contributed by atoms with Gasteiger partial charge in [-0.1, -0.05) is 42.0 Å². The van der Waals surface area contributed by atoms with Gasteiger partial charge in [-0.2, -0.15) is 5.26 Å². The molecule has 1 fully saturated rings. The van der Waals surface area contributed by atoms with Crippen molar-refractivity contribution in [2.75, 3.05) is 20.2 Å². The number of benzene rings is 2. The number of hydrogen-bond donors (Lipinski definition) is 0. The fraction of sp³-hybridized carbons (Fsp3) is 0.333. The molecule has 162 valence electrons. The summed E-state index contributed by atoms with van der Waals surface area (Å²) in [4.78, 5) is 7.00. The maximum absolute atomic E-state index is 9.30. The van der Waals surface area contributed by atoms with Gasteiger partial charge in [0.2, 0.25) is 0 Å². The van der Waals surface area contributed by atoms with Crippen LogP contribution in [0.4, 0.5) is 0 Å². The Bertz CT molecular complexity index is 1200. The number of hydrogen-bond acceptors (Lipinski definition) is 4. The highest BCUT2D eigenvalue weighted by Gasteiger charge is 2.28. The third kappa shape index (κ3) is 3.67. The van der Waals surface area contributed by atoms with Gasteiger partial charge in [-0.25, -0.2) is 4.98 Å². The Morgan fingerprint density at radius 2 is 1.75 bits per heavy atom. The van der Waals surface area contributed by atoms with Crippen molar-refractivity contribution >= 4 is 5.57 Å². The molecule has 0 unspecified atom stereocenters. The Morgan fingerprint density at radius 1 is 1.00 bits per heavy atom. The van der Waals surface area contributed by atoms with E-state index in [0.717, 1.165) is 62.6 Å². The molecule has 0 saturated carbocycles. The lowest BCUT2D eigenvalue weighted by Gasteiger charge is -2.26. The van der Waals surface area contributed by atoms with Crippen molar-refractivity contribution in [3.63, 3.8) is 0 Å². The van der Waals surface area contributed by atoms with Gasteiger partial charge in [0.15, 0.2) is 6.19 Å². The first-order valence-electron chi connectivity index (χ1n) is 11.3. The molecule has 1 aromatic heterocycles. The van der Waals surface area contributed by atoms with E-state index in [1.807, 2.05) is 17.0 Å². The highest BCUT2D eigenvalue weighted by molar-refractivity contribution is 5.84. The number of methoxy groups -OCH3 is 1. The highest BCUT2D eigenvalue weighted by Crippen LogP contribution is 2.38. The summed E-state index contributed by atoms with van der Waals surface area (Å²) in [5.74, 6) is 1.93. The lowest BCUT2D eigenvalue weighted by molar-refractivity contribution is 0.365. The Labute approximate surface area is 189 Å². The van der Waals surface area contributed by atoms with Crippen molar-refractivity contribution in [2.24, 2.45) is 0 Å². The molecule has 1 aliphatic heterocycles. The molecular formula is C27H28N4O. The smallest absolute Gasteiger partial charge is 0.179 e. The van der Waals surface area contributed by atoms with Gasteiger partial charge >= 0.3 is 0 Å². The normalized spacial score (nSPS) is 15.6. The average molecular weight is 425 g/mol. The minimum atomic E-state index is 0.790. The predicted molar refractivity (Wildman–Crippen MR) is 125 cm³/mol. The van der Waals surface area contributed by atoms with E-state index in [9.17, 15) is 5.26 Å². The number of aromatic nitrogens is 2. The summed E-state index contributed by atoms with van der Waals surface area (Å²) in [7, 11) is 1.70. The van der Waals surface area contributed by atoms with Crippen LogP contribution in [0.1, 0.15) is 46.7 Å². The van der Waals surface area contributed by atoms with Crippen molar-refractivity contribution in [2.45, 2.75) is 39.2 Å². The maximum Gasteiger partial charge on any atom is 0.179 e. The first-order chi connectivity index (χ1) is 15.7. The van der Waals surface area contributed by atoms with E-state index in [4.69, 9.17) is 9.72 Å². The minimum Gasteiger partial charge on any atom is -0.497 e. The second kappa shape index (κ2) is 8.55. The Balaban J connectivity index is 1.60. The molecule has 32 heavy (non-hydrogen) atoms. The number of nitrogens with zero attached hydrogens (tertiary/aromatic N) is 4. The Kier molecular flexibility index (Phi) is 5.45. The number of likely N-dealkylation sites (tertiary alicyclic amines) is 1. The molecule has 2 aliphatic rings. The highest BCUT2D eigenvalue weighted by atomic mass is 16.5. The minimum absolute atomic E-state index is 0.790. The molecule has 0 spiro atoms. The summed E-state index contributed by atoms with van der Waals surface area (Å²) in [6, 6.07) is 17.1. The van der Waals surface area contributed by atoms with Crippen LogP contribution in [0.25, 0.3) is 5.57 Å². The van der Waals surface area contributed by atoms with Crippen LogP contribution in [0, 0.1) is 18.4 Å². The number of fused-ring (bicyclic) bond motifs is 2. The monoisotopic (exact) mass is 424 g/mol. The molecule has 1 aliphatic carbocycles. The number of piperidine rings is 1. The molecule has 1 saturated heterocycles.